The van der Waals surface area contributed by atoms with Crippen molar-refractivity contribution in [2.24, 2.45) is 0 Å². The van der Waals surface area contributed by atoms with Crippen molar-refractivity contribution in [1.82, 2.24) is 3.97 Å². The monoisotopic (exact) mass is 461 g/mol. The molecule has 0 aliphatic rings. The van der Waals surface area contributed by atoms with E-state index in [-0.39, 0.29) is 10.8 Å². The van der Waals surface area contributed by atoms with Crippen LogP contribution in [0, 0.1) is 18.8 Å². The molecular formula is C30H23NO2S. The van der Waals surface area contributed by atoms with Gasteiger partial charge in [-0.05, 0) is 48.4 Å². The summed E-state index contributed by atoms with van der Waals surface area (Å²) in [7, 11) is -3.78. The van der Waals surface area contributed by atoms with Gasteiger partial charge in [-0.2, -0.15) is 0 Å². The quantitative estimate of drug-likeness (QED) is 0.292. The Morgan fingerprint density at radius 1 is 0.735 bits per heavy atom. The zero-order valence-corrected chi connectivity index (χ0v) is 19.5. The van der Waals surface area contributed by atoms with Gasteiger partial charge < -0.3 is 0 Å². The maximum atomic E-state index is 13.6. The smallest absolute Gasteiger partial charge is 0.241 e. The molecule has 0 bridgehead atoms. The van der Waals surface area contributed by atoms with Crippen molar-refractivity contribution in [2.75, 3.05) is 0 Å². The third-order valence-corrected chi connectivity index (χ3v) is 7.55. The van der Waals surface area contributed by atoms with E-state index in [1.54, 1.807) is 18.3 Å². The molecule has 0 saturated carbocycles. The molecule has 3 nitrogen and oxygen atoms in total. The van der Waals surface area contributed by atoms with Gasteiger partial charge in [0.2, 0.25) is 0 Å². The predicted octanol–water partition coefficient (Wildman–Crippen LogP) is 6.37. The number of nitrogens with zero attached hydrogens (tertiary/aromatic N) is 1. The molecule has 1 aromatic heterocycles. The molecule has 34 heavy (non-hydrogen) atoms. The van der Waals surface area contributed by atoms with Crippen molar-refractivity contribution >= 4 is 20.9 Å². The van der Waals surface area contributed by atoms with Gasteiger partial charge in [-0.3, -0.25) is 0 Å². The molecule has 0 aliphatic heterocycles. The number of aromatic nitrogens is 1. The van der Waals surface area contributed by atoms with Crippen LogP contribution in [0.2, 0.25) is 0 Å². The predicted molar refractivity (Wildman–Crippen MR) is 137 cm³/mol. The van der Waals surface area contributed by atoms with Crippen LogP contribution in [0.25, 0.3) is 10.9 Å². The molecule has 4 heteroatoms. The van der Waals surface area contributed by atoms with Crippen molar-refractivity contribution in [3.63, 3.8) is 0 Å². The Kier molecular flexibility index (Phi) is 5.79. The van der Waals surface area contributed by atoms with Gasteiger partial charge in [0.25, 0.3) is 10.0 Å². The summed E-state index contributed by atoms with van der Waals surface area (Å²) in [6.45, 7) is 1.94. The molecule has 0 radical (unpaired) electrons. The Bertz CT molecular complexity index is 1610. The molecule has 1 atom stereocenters. The molecule has 0 amide bonds. The highest BCUT2D eigenvalue weighted by Crippen LogP contribution is 2.34. The van der Waals surface area contributed by atoms with Crippen LogP contribution in [0.3, 0.4) is 0 Å². The van der Waals surface area contributed by atoms with E-state index in [1.807, 2.05) is 104 Å². The lowest BCUT2D eigenvalue weighted by Crippen LogP contribution is -2.12. The average Bonchev–Trinajstić information content (AvgIpc) is 3.26. The highest BCUT2D eigenvalue weighted by Gasteiger charge is 2.24. The Labute approximate surface area is 200 Å². The summed E-state index contributed by atoms with van der Waals surface area (Å²) in [5.74, 6) is 6.41. The number of fused-ring (bicyclic) bond motifs is 1. The van der Waals surface area contributed by atoms with Crippen LogP contribution in [0.1, 0.15) is 28.2 Å². The SMILES string of the molecule is Cc1ccc(S(=O)(=O)n2cc(C(C#Cc3ccccc3)c3ccccc3)c3ccccc32)cc1. The summed E-state index contributed by atoms with van der Waals surface area (Å²) in [5, 5.41) is 0.870. The van der Waals surface area contributed by atoms with Crippen LogP contribution in [0.15, 0.2) is 120 Å². The van der Waals surface area contributed by atoms with Crippen molar-refractivity contribution in [2.45, 2.75) is 17.7 Å². The topological polar surface area (TPSA) is 39.1 Å². The molecule has 5 rings (SSSR count). The number of para-hydroxylation sites is 1. The second-order valence-corrected chi connectivity index (χ2v) is 10.0. The Hall–Kier alpha value is -4.07. The normalized spacial score (nSPS) is 12.1. The summed E-state index contributed by atoms with van der Waals surface area (Å²) >= 11 is 0. The molecule has 0 saturated heterocycles. The second-order valence-electron chi connectivity index (χ2n) is 8.19. The highest BCUT2D eigenvalue weighted by molar-refractivity contribution is 7.90. The molecule has 0 fully saturated rings. The van der Waals surface area contributed by atoms with E-state index < -0.39 is 10.0 Å². The van der Waals surface area contributed by atoms with E-state index in [0.717, 1.165) is 27.6 Å². The summed E-state index contributed by atoms with van der Waals surface area (Å²) in [6, 6.07) is 34.4. The minimum atomic E-state index is -3.78. The van der Waals surface area contributed by atoms with Gasteiger partial charge in [-0.15, -0.1) is 0 Å². The van der Waals surface area contributed by atoms with Crippen LogP contribution in [0.5, 0.6) is 0 Å². The lowest BCUT2D eigenvalue weighted by Gasteiger charge is -2.11. The van der Waals surface area contributed by atoms with Gasteiger partial charge in [-0.1, -0.05) is 96.3 Å². The molecule has 5 aromatic rings. The van der Waals surface area contributed by atoms with Gasteiger partial charge in [-0.25, -0.2) is 12.4 Å². The van der Waals surface area contributed by atoms with Gasteiger partial charge in [0.05, 0.1) is 16.3 Å². The Morgan fingerprint density at radius 2 is 1.35 bits per heavy atom. The molecular weight excluding hydrogens is 438 g/mol. The standard InChI is InChI=1S/C30H23NO2S/c1-23-16-19-26(20-17-23)34(32,33)31-22-29(28-14-8-9-15-30(28)31)27(25-12-6-3-7-13-25)21-18-24-10-4-2-5-11-24/h2-17,19-20,22,27H,1H3. The fourth-order valence-corrected chi connectivity index (χ4v) is 5.47. The zero-order chi connectivity index (χ0) is 23.5. The maximum Gasteiger partial charge on any atom is 0.268 e. The lowest BCUT2D eigenvalue weighted by atomic mass is 9.91. The summed E-state index contributed by atoms with van der Waals surface area (Å²) < 4.78 is 28.7. The van der Waals surface area contributed by atoms with Crippen molar-refractivity contribution in [3.8, 4) is 11.8 Å². The number of rotatable bonds is 4. The molecule has 0 aliphatic carbocycles. The molecule has 1 unspecified atom stereocenters. The number of hydrogen-bond acceptors (Lipinski definition) is 2. The van der Waals surface area contributed by atoms with E-state index >= 15 is 0 Å². The van der Waals surface area contributed by atoms with Crippen LogP contribution in [0.4, 0.5) is 0 Å². The number of benzene rings is 4. The summed E-state index contributed by atoms with van der Waals surface area (Å²) in [5.41, 5.74) is 4.44. The first-order chi connectivity index (χ1) is 16.5. The minimum absolute atomic E-state index is 0.261. The number of hydrogen-bond donors (Lipinski definition) is 0. The molecule has 1 heterocycles. The van der Waals surface area contributed by atoms with Gasteiger partial charge >= 0.3 is 0 Å². The fraction of sp³-hybridized carbons (Fsp3) is 0.0667. The summed E-state index contributed by atoms with van der Waals surface area (Å²) in [6.07, 6.45) is 1.73. The van der Waals surface area contributed by atoms with Gasteiger partial charge in [0.1, 0.15) is 0 Å². The minimum Gasteiger partial charge on any atom is -0.241 e. The fourth-order valence-electron chi connectivity index (χ4n) is 4.09. The first-order valence-corrected chi connectivity index (χ1v) is 12.5. The third kappa shape index (κ3) is 4.14. The molecule has 166 valence electrons. The molecule has 0 spiro atoms. The van der Waals surface area contributed by atoms with E-state index in [4.69, 9.17) is 0 Å². The highest BCUT2D eigenvalue weighted by atomic mass is 32.2. The van der Waals surface area contributed by atoms with Crippen LogP contribution in [-0.2, 0) is 10.0 Å². The van der Waals surface area contributed by atoms with Crippen molar-refractivity contribution in [1.29, 1.82) is 0 Å². The van der Waals surface area contributed by atoms with Crippen molar-refractivity contribution in [3.05, 3.63) is 138 Å². The van der Waals surface area contributed by atoms with E-state index in [1.165, 1.54) is 3.97 Å². The van der Waals surface area contributed by atoms with E-state index in [0.29, 0.717) is 5.52 Å². The third-order valence-electron chi connectivity index (χ3n) is 5.87. The number of aryl methyl sites for hydroxylation is 1. The second kappa shape index (κ2) is 9.05. The van der Waals surface area contributed by atoms with Crippen LogP contribution >= 0.6 is 0 Å². The van der Waals surface area contributed by atoms with Gasteiger partial charge in [0, 0.05) is 17.1 Å². The van der Waals surface area contributed by atoms with Crippen molar-refractivity contribution < 1.29 is 8.42 Å². The van der Waals surface area contributed by atoms with E-state index in [2.05, 4.69) is 11.8 Å². The zero-order valence-electron chi connectivity index (χ0n) is 18.7. The van der Waals surface area contributed by atoms with Crippen LogP contribution in [-0.4, -0.2) is 12.4 Å². The summed E-state index contributed by atoms with van der Waals surface area (Å²) in [4.78, 5) is 0.261. The maximum absolute atomic E-state index is 13.6. The Balaban J connectivity index is 1.72. The largest absolute Gasteiger partial charge is 0.268 e. The molecule has 4 aromatic carbocycles. The Morgan fingerprint density at radius 3 is 2.06 bits per heavy atom. The average molecular weight is 462 g/mol. The van der Waals surface area contributed by atoms with Crippen LogP contribution < -0.4 is 0 Å². The first kappa shape index (κ1) is 21.8. The molecule has 0 N–H and O–H groups in total. The van der Waals surface area contributed by atoms with E-state index in [9.17, 15) is 8.42 Å². The lowest BCUT2D eigenvalue weighted by molar-refractivity contribution is 0.589. The first-order valence-electron chi connectivity index (χ1n) is 11.1. The van der Waals surface area contributed by atoms with Gasteiger partial charge in [0.15, 0.2) is 0 Å².